The van der Waals surface area contributed by atoms with Gasteiger partial charge in [-0.15, -0.1) is 6.42 Å². The molecule has 5 atom stereocenters. The lowest BCUT2D eigenvalue weighted by atomic mass is 9.76. The summed E-state index contributed by atoms with van der Waals surface area (Å²) >= 11 is 0. The number of imidazole rings is 1. The summed E-state index contributed by atoms with van der Waals surface area (Å²) in [6.45, 7) is 1.71. The van der Waals surface area contributed by atoms with E-state index >= 15 is 4.39 Å². The number of alkyl halides is 1. The molecule has 0 bridgehead atoms. The smallest absolute Gasteiger partial charge is 0.306 e. The summed E-state index contributed by atoms with van der Waals surface area (Å²) < 4.78 is 27.4. The molecule has 2 aromatic heterocycles. The summed E-state index contributed by atoms with van der Waals surface area (Å²) in [5, 5.41) is 20.8. The highest BCUT2D eigenvalue weighted by atomic mass is 19.2. The molecule has 0 saturated carbocycles. The molecule has 1 unspecified atom stereocenters. The number of aromatic nitrogens is 4. The Morgan fingerprint density at radius 1 is 1.50 bits per heavy atom. The number of aliphatic hydroxyl groups is 1. The van der Waals surface area contributed by atoms with E-state index in [1.165, 1.54) is 13.8 Å². The zero-order valence-corrected chi connectivity index (χ0v) is 16.1. The van der Waals surface area contributed by atoms with Crippen LogP contribution in [0.25, 0.3) is 11.2 Å². The summed E-state index contributed by atoms with van der Waals surface area (Å²) in [6.07, 6.45) is 6.14. The number of ether oxygens (including phenoxy) is 2. The number of halogens is 1. The van der Waals surface area contributed by atoms with Gasteiger partial charge in [-0.2, -0.15) is 0 Å². The molecular weight excluding hydrogens is 401 g/mol. The Hall–Kier alpha value is -3.30. The number of carbonyl (C=O) groups excluding carboxylic acids is 1. The van der Waals surface area contributed by atoms with Crippen LogP contribution in [0.1, 0.15) is 26.5 Å². The largest absolute Gasteiger partial charge is 0.481 e. The summed E-state index contributed by atoms with van der Waals surface area (Å²) in [7, 11) is 0. The summed E-state index contributed by atoms with van der Waals surface area (Å²) in [4.78, 5) is 35.1. The van der Waals surface area contributed by atoms with E-state index in [2.05, 4.69) is 20.9 Å². The van der Waals surface area contributed by atoms with Crippen LogP contribution in [0.2, 0.25) is 0 Å². The number of aliphatic carboxylic acids is 1. The third-order valence-electron chi connectivity index (χ3n) is 5.10. The van der Waals surface area contributed by atoms with Crippen molar-refractivity contribution in [1.29, 1.82) is 0 Å². The van der Waals surface area contributed by atoms with Crippen LogP contribution < -0.4 is 5.73 Å². The van der Waals surface area contributed by atoms with Crippen molar-refractivity contribution in [2.75, 3.05) is 12.3 Å². The van der Waals surface area contributed by atoms with Gasteiger partial charge in [0.05, 0.1) is 18.2 Å². The lowest BCUT2D eigenvalue weighted by Crippen LogP contribution is -2.50. The maximum Gasteiger partial charge on any atom is 0.306 e. The molecule has 3 rings (SSSR count). The molecule has 2 aromatic rings. The molecule has 1 aliphatic rings. The third kappa shape index (κ3) is 3.21. The minimum absolute atomic E-state index is 0.0276. The first-order valence-corrected chi connectivity index (χ1v) is 8.97. The van der Waals surface area contributed by atoms with Gasteiger partial charge in [-0.1, -0.05) is 19.8 Å². The molecule has 1 aliphatic heterocycles. The highest BCUT2D eigenvalue weighted by molar-refractivity contribution is 5.81. The first-order chi connectivity index (χ1) is 14.1. The second-order valence-electron chi connectivity index (χ2n) is 6.93. The fourth-order valence-electron chi connectivity index (χ4n) is 3.60. The average Bonchev–Trinajstić information content (AvgIpc) is 3.24. The Balaban J connectivity index is 2.14. The van der Waals surface area contributed by atoms with E-state index in [9.17, 15) is 19.8 Å². The second kappa shape index (κ2) is 7.51. The predicted molar refractivity (Wildman–Crippen MR) is 99.0 cm³/mol. The van der Waals surface area contributed by atoms with Gasteiger partial charge in [0, 0.05) is 6.42 Å². The molecule has 0 amide bonds. The topological polar surface area (TPSA) is 163 Å². The van der Waals surface area contributed by atoms with Crippen LogP contribution in [0.5, 0.6) is 0 Å². The van der Waals surface area contributed by atoms with E-state index in [0.717, 1.165) is 17.2 Å². The molecule has 4 N–H and O–H groups in total. The van der Waals surface area contributed by atoms with Gasteiger partial charge in [0.2, 0.25) is 0 Å². The van der Waals surface area contributed by atoms with Crippen molar-refractivity contribution < 1.29 is 33.7 Å². The fraction of sp³-hybridized carbons (Fsp3) is 0.500. The molecular formula is C18H20FN5O6. The van der Waals surface area contributed by atoms with Crippen molar-refractivity contribution in [3.8, 4) is 12.3 Å². The minimum atomic E-state index is -2.91. The molecule has 12 heteroatoms. The Kier molecular flexibility index (Phi) is 5.36. The maximum absolute atomic E-state index is 16.0. The van der Waals surface area contributed by atoms with Crippen LogP contribution in [-0.2, 0) is 19.1 Å². The van der Waals surface area contributed by atoms with Crippen molar-refractivity contribution in [3.63, 3.8) is 0 Å². The van der Waals surface area contributed by atoms with Gasteiger partial charge in [-0.25, -0.2) is 19.3 Å². The standard InChI is InChI=1S/C18H20FN5O6/c1-4-10(25)29-6-18(19)12(9(3)15(26)27)17(28,5-2)16(30-18)24-8-23-11-13(20)21-7-22-14(11)24/h2,7-9,12,16,28H,4,6H2,1,3H3,(H,26,27)(H2,20,21,22)/t9?,12-,16+,17-,18-/m0/s1. The molecule has 160 valence electrons. The number of fused-ring (bicyclic) bond motifs is 1. The number of hydrogen-bond donors (Lipinski definition) is 3. The van der Waals surface area contributed by atoms with E-state index < -0.39 is 48.1 Å². The van der Waals surface area contributed by atoms with Crippen LogP contribution >= 0.6 is 0 Å². The highest BCUT2D eigenvalue weighted by Gasteiger charge is 2.68. The molecule has 0 aromatic carbocycles. The van der Waals surface area contributed by atoms with Crippen LogP contribution in [0.4, 0.5) is 10.2 Å². The average molecular weight is 421 g/mol. The lowest BCUT2D eigenvalue weighted by molar-refractivity contribution is -0.211. The monoisotopic (exact) mass is 421 g/mol. The zero-order valence-electron chi connectivity index (χ0n) is 16.1. The van der Waals surface area contributed by atoms with Crippen molar-refractivity contribution in [1.82, 2.24) is 19.5 Å². The number of anilines is 1. The third-order valence-corrected chi connectivity index (χ3v) is 5.10. The van der Waals surface area contributed by atoms with E-state index in [0.29, 0.717) is 0 Å². The fourth-order valence-corrected chi connectivity index (χ4v) is 3.60. The quantitative estimate of drug-likeness (QED) is 0.435. The van der Waals surface area contributed by atoms with Gasteiger partial charge in [-0.05, 0) is 0 Å². The van der Waals surface area contributed by atoms with E-state index in [1.54, 1.807) is 0 Å². The maximum atomic E-state index is 16.0. The minimum Gasteiger partial charge on any atom is -0.481 e. The Morgan fingerprint density at radius 2 is 2.20 bits per heavy atom. The van der Waals surface area contributed by atoms with E-state index in [1.807, 2.05) is 0 Å². The number of terminal acetylenes is 1. The molecule has 0 spiro atoms. The lowest BCUT2D eigenvalue weighted by Gasteiger charge is -2.33. The van der Waals surface area contributed by atoms with Crippen molar-refractivity contribution in [2.24, 2.45) is 11.8 Å². The summed E-state index contributed by atoms with van der Waals surface area (Å²) in [6, 6.07) is 0. The van der Waals surface area contributed by atoms with Gasteiger partial charge in [-0.3, -0.25) is 14.2 Å². The Bertz CT molecular complexity index is 1040. The molecule has 30 heavy (non-hydrogen) atoms. The van der Waals surface area contributed by atoms with Gasteiger partial charge in [0.25, 0.3) is 5.85 Å². The summed E-state index contributed by atoms with van der Waals surface area (Å²) in [5.41, 5.74) is 3.52. The predicted octanol–water partition coefficient (Wildman–Crippen LogP) is 0.257. The SMILES string of the molecule is C#C[C@@]1(O)[C@H](n2cnc3c(N)ncnc32)O[C@@](F)(COC(=O)CC)[C@H]1C(C)C(=O)O. The number of rotatable bonds is 6. The zero-order chi connectivity index (χ0) is 22.3. The van der Waals surface area contributed by atoms with Gasteiger partial charge in [0.15, 0.2) is 29.9 Å². The molecule has 1 fully saturated rings. The van der Waals surface area contributed by atoms with Gasteiger partial charge < -0.3 is 25.4 Å². The van der Waals surface area contributed by atoms with Crippen LogP contribution in [0, 0.1) is 24.2 Å². The summed E-state index contributed by atoms with van der Waals surface area (Å²) in [5.74, 6) is -6.28. The highest BCUT2D eigenvalue weighted by Crippen LogP contribution is 2.53. The van der Waals surface area contributed by atoms with Crippen LogP contribution in [0.15, 0.2) is 12.7 Å². The van der Waals surface area contributed by atoms with Crippen molar-refractivity contribution in [2.45, 2.75) is 38.0 Å². The number of nitrogens with zero attached hydrogens (tertiary/aromatic N) is 4. The first-order valence-electron chi connectivity index (χ1n) is 8.97. The Morgan fingerprint density at radius 3 is 2.80 bits per heavy atom. The number of nitrogens with two attached hydrogens (primary N) is 1. The number of esters is 1. The van der Waals surface area contributed by atoms with Crippen molar-refractivity contribution in [3.05, 3.63) is 12.7 Å². The van der Waals surface area contributed by atoms with Gasteiger partial charge >= 0.3 is 11.9 Å². The Labute approximate surface area is 170 Å². The molecule has 0 aliphatic carbocycles. The molecule has 11 nitrogen and oxygen atoms in total. The second-order valence-corrected chi connectivity index (χ2v) is 6.93. The number of nitrogen functional groups attached to an aromatic ring is 1. The molecule has 3 heterocycles. The number of hydrogen-bond acceptors (Lipinski definition) is 9. The molecule has 0 radical (unpaired) electrons. The number of carboxylic acids is 1. The normalized spacial score (nSPS) is 29.4. The first kappa shape index (κ1) is 21.4. The number of carbonyl (C=O) groups is 2. The van der Waals surface area contributed by atoms with Gasteiger partial charge in [0.1, 0.15) is 11.8 Å². The van der Waals surface area contributed by atoms with E-state index in [4.69, 9.17) is 21.6 Å². The van der Waals surface area contributed by atoms with Crippen molar-refractivity contribution >= 4 is 28.9 Å². The number of carboxylic acid groups (broad SMARTS) is 1. The van der Waals surface area contributed by atoms with Crippen LogP contribution in [0.3, 0.4) is 0 Å². The van der Waals surface area contributed by atoms with Crippen LogP contribution in [-0.4, -0.2) is 59.7 Å². The molecule has 1 saturated heterocycles. The van der Waals surface area contributed by atoms with E-state index in [-0.39, 0.29) is 23.4 Å².